The highest BCUT2D eigenvalue weighted by molar-refractivity contribution is 6.30. The number of H-pyrrole nitrogens is 1. The topological polar surface area (TPSA) is 110 Å². The standard InChI is InChI=1S/C22H15ClFN7O2/c1-12-9-18(26-20(32)13-3-2-4-15(24)10-13)31(29-12)22-27-19-17(21(33)28-22)11-25-30(19)16-7-5-14(23)6-8-16/h2-11H,1H3,(H,26,32)(H,27,28,33). The number of rotatable bonds is 4. The summed E-state index contributed by atoms with van der Waals surface area (Å²) < 4.78 is 16.3. The monoisotopic (exact) mass is 463 g/mol. The maximum absolute atomic E-state index is 13.5. The summed E-state index contributed by atoms with van der Waals surface area (Å²) >= 11 is 5.97. The Morgan fingerprint density at radius 3 is 2.67 bits per heavy atom. The highest BCUT2D eigenvalue weighted by atomic mass is 35.5. The molecule has 11 heteroatoms. The van der Waals surface area contributed by atoms with Crippen molar-refractivity contribution in [3.63, 3.8) is 0 Å². The predicted molar refractivity (Wildman–Crippen MR) is 121 cm³/mol. The number of hydrogen-bond donors (Lipinski definition) is 2. The highest BCUT2D eigenvalue weighted by Gasteiger charge is 2.17. The van der Waals surface area contributed by atoms with Crippen molar-refractivity contribution < 1.29 is 9.18 Å². The molecule has 0 saturated heterocycles. The van der Waals surface area contributed by atoms with Crippen LogP contribution in [-0.2, 0) is 0 Å². The normalized spacial score (nSPS) is 11.1. The maximum atomic E-state index is 13.5. The first kappa shape index (κ1) is 20.6. The van der Waals surface area contributed by atoms with E-state index in [0.29, 0.717) is 22.1 Å². The van der Waals surface area contributed by atoms with Gasteiger partial charge < -0.3 is 5.32 Å². The molecule has 0 bridgehead atoms. The lowest BCUT2D eigenvalue weighted by Gasteiger charge is -2.09. The van der Waals surface area contributed by atoms with Gasteiger partial charge in [-0.15, -0.1) is 0 Å². The molecule has 3 heterocycles. The molecule has 3 aromatic heterocycles. The Morgan fingerprint density at radius 2 is 1.91 bits per heavy atom. The van der Waals surface area contributed by atoms with Gasteiger partial charge in [-0.25, -0.2) is 9.07 Å². The quantitative estimate of drug-likeness (QED) is 0.422. The zero-order chi connectivity index (χ0) is 23.1. The molecule has 0 aliphatic rings. The van der Waals surface area contributed by atoms with Gasteiger partial charge in [-0.05, 0) is 49.4 Å². The molecule has 0 fully saturated rings. The van der Waals surface area contributed by atoms with E-state index in [2.05, 4.69) is 25.5 Å². The van der Waals surface area contributed by atoms with Crippen LogP contribution in [0.2, 0.25) is 5.02 Å². The molecule has 0 spiro atoms. The summed E-state index contributed by atoms with van der Waals surface area (Å²) in [5.74, 6) is -0.739. The summed E-state index contributed by atoms with van der Waals surface area (Å²) in [6, 6.07) is 13.8. The third-order valence-corrected chi connectivity index (χ3v) is 5.11. The second-order valence-electron chi connectivity index (χ2n) is 7.21. The van der Waals surface area contributed by atoms with Crippen molar-refractivity contribution in [1.29, 1.82) is 0 Å². The Labute approximate surface area is 190 Å². The molecule has 0 unspecified atom stereocenters. The van der Waals surface area contributed by atoms with E-state index in [1.807, 2.05) is 0 Å². The number of carbonyl (C=O) groups excluding carboxylic acids is 1. The minimum atomic E-state index is -0.537. The number of halogens is 2. The molecule has 5 rings (SSSR count). The first-order chi connectivity index (χ1) is 15.9. The van der Waals surface area contributed by atoms with E-state index < -0.39 is 17.3 Å². The van der Waals surface area contributed by atoms with Crippen LogP contribution >= 0.6 is 11.6 Å². The summed E-state index contributed by atoms with van der Waals surface area (Å²) in [6.45, 7) is 1.73. The first-order valence-corrected chi connectivity index (χ1v) is 10.1. The molecule has 5 aromatic rings. The van der Waals surface area contributed by atoms with Crippen LogP contribution in [-0.4, -0.2) is 35.4 Å². The smallest absolute Gasteiger partial charge is 0.263 e. The summed E-state index contributed by atoms with van der Waals surface area (Å²) in [4.78, 5) is 32.6. The molecule has 0 aliphatic carbocycles. The Hall–Kier alpha value is -4.31. The number of amides is 1. The fraction of sp³-hybridized carbons (Fsp3) is 0.0455. The van der Waals surface area contributed by atoms with E-state index in [1.54, 1.807) is 37.3 Å². The van der Waals surface area contributed by atoms with Gasteiger partial charge in [0.1, 0.15) is 17.0 Å². The summed E-state index contributed by atoms with van der Waals surface area (Å²) in [5, 5.41) is 12.1. The number of benzene rings is 2. The van der Waals surface area contributed by atoms with Gasteiger partial charge in [-0.3, -0.25) is 14.6 Å². The van der Waals surface area contributed by atoms with Crippen molar-refractivity contribution >= 4 is 34.4 Å². The first-order valence-electron chi connectivity index (χ1n) is 9.77. The molecule has 0 radical (unpaired) electrons. The van der Waals surface area contributed by atoms with Crippen LogP contribution in [0.4, 0.5) is 10.2 Å². The van der Waals surface area contributed by atoms with Crippen LogP contribution in [0.1, 0.15) is 16.1 Å². The van der Waals surface area contributed by atoms with Crippen molar-refractivity contribution in [3.8, 4) is 11.6 Å². The number of nitrogens with zero attached hydrogens (tertiary/aromatic N) is 5. The SMILES string of the molecule is Cc1cc(NC(=O)c2cccc(F)c2)n(-c2nc3c(cnn3-c3ccc(Cl)cc3)c(=O)[nH]2)n1. The summed E-state index contributed by atoms with van der Waals surface area (Å²) in [5.41, 5.74) is 1.24. The van der Waals surface area contributed by atoms with Crippen molar-refractivity contribution in [3.05, 3.63) is 93.2 Å². The Morgan fingerprint density at radius 1 is 1.12 bits per heavy atom. The third-order valence-electron chi connectivity index (χ3n) is 4.86. The van der Waals surface area contributed by atoms with E-state index in [4.69, 9.17) is 11.6 Å². The number of hydrogen-bond acceptors (Lipinski definition) is 5. The number of nitrogens with one attached hydrogen (secondary N) is 2. The van der Waals surface area contributed by atoms with Gasteiger partial charge in [0.25, 0.3) is 11.5 Å². The highest BCUT2D eigenvalue weighted by Crippen LogP contribution is 2.20. The average Bonchev–Trinajstić information content (AvgIpc) is 3.38. The van der Waals surface area contributed by atoms with E-state index in [0.717, 1.165) is 6.07 Å². The Bertz CT molecular complexity index is 1570. The summed E-state index contributed by atoms with van der Waals surface area (Å²) in [6.07, 6.45) is 1.42. The molecule has 0 atom stereocenters. The molecule has 1 amide bonds. The van der Waals surface area contributed by atoms with Gasteiger partial charge in [-0.1, -0.05) is 17.7 Å². The van der Waals surface area contributed by atoms with Gasteiger partial charge in [0.15, 0.2) is 5.65 Å². The Kier molecular flexibility index (Phi) is 4.98. The van der Waals surface area contributed by atoms with Crippen LogP contribution < -0.4 is 10.9 Å². The van der Waals surface area contributed by atoms with Gasteiger partial charge in [-0.2, -0.15) is 19.9 Å². The number of carbonyl (C=O) groups is 1. The van der Waals surface area contributed by atoms with Gasteiger partial charge in [0, 0.05) is 16.7 Å². The fourth-order valence-electron chi connectivity index (χ4n) is 3.35. The van der Waals surface area contributed by atoms with Crippen LogP contribution in [0.3, 0.4) is 0 Å². The van der Waals surface area contributed by atoms with E-state index >= 15 is 0 Å². The molecule has 164 valence electrons. The molecule has 2 aromatic carbocycles. The number of aromatic nitrogens is 6. The van der Waals surface area contributed by atoms with Crippen LogP contribution in [0.15, 0.2) is 65.6 Å². The number of aryl methyl sites for hydroxylation is 1. The molecule has 0 aliphatic heterocycles. The Balaban J connectivity index is 1.58. The van der Waals surface area contributed by atoms with E-state index in [1.165, 1.54) is 33.8 Å². The fourth-order valence-corrected chi connectivity index (χ4v) is 3.47. The minimum Gasteiger partial charge on any atom is -0.306 e. The van der Waals surface area contributed by atoms with Gasteiger partial charge in [0.05, 0.1) is 17.6 Å². The maximum Gasteiger partial charge on any atom is 0.263 e. The van der Waals surface area contributed by atoms with Crippen LogP contribution in [0.25, 0.3) is 22.7 Å². The molecular formula is C22H15ClFN7O2. The third kappa shape index (κ3) is 3.87. The van der Waals surface area contributed by atoms with Gasteiger partial charge >= 0.3 is 0 Å². The number of fused-ring (bicyclic) bond motifs is 1. The molecular weight excluding hydrogens is 449 g/mol. The lowest BCUT2D eigenvalue weighted by Crippen LogP contribution is -2.19. The lowest BCUT2D eigenvalue weighted by molar-refractivity contribution is 0.102. The van der Waals surface area contributed by atoms with E-state index in [-0.39, 0.29) is 22.7 Å². The minimum absolute atomic E-state index is 0.0749. The number of anilines is 1. The lowest BCUT2D eigenvalue weighted by atomic mass is 10.2. The molecule has 9 nitrogen and oxygen atoms in total. The van der Waals surface area contributed by atoms with Crippen molar-refractivity contribution in [2.24, 2.45) is 0 Å². The zero-order valence-corrected chi connectivity index (χ0v) is 17.8. The molecule has 0 saturated carbocycles. The second-order valence-corrected chi connectivity index (χ2v) is 7.64. The zero-order valence-electron chi connectivity index (χ0n) is 17.1. The van der Waals surface area contributed by atoms with Crippen LogP contribution in [0, 0.1) is 12.7 Å². The van der Waals surface area contributed by atoms with Crippen molar-refractivity contribution in [2.45, 2.75) is 6.92 Å². The van der Waals surface area contributed by atoms with Crippen molar-refractivity contribution in [2.75, 3.05) is 5.32 Å². The second kappa shape index (κ2) is 7.99. The average molecular weight is 464 g/mol. The van der Waals surface area contributed by atoms with Crippen LogP contribution in [0.5, 0.6) is 0 Å². The predicted octanol–water partition coefficient (Wildman–Crippen LogP) is 3.65. The molecule has 33 heavy (non-hydrogen) atoms. The summed E-state index contributed by atoms with van der Waals surface area (Å²) in [7, 11) is 0. The number of aromatic amines is 1. The van der Waals surface area contributed by atoms with Crippen molar-refractivity contribution in [1.82, 2.24) is 29.5 Å². The van der Waals surface area contributed by atoms with E-state index in [9.17, 15) is 14.0 Å². The largest absolute Gasteiger partial charge is 0.306 e. The molecule has 2 N–H and O–H groups in total. The van der Waals surface area contributed by atoms with Gasteiger partial charge in [0.2, 0.25) is 5.95 Å².